The minimum Gasteiger partial charge on any atom is -0.370 e. The van der Waals surface area contributed by atoms with Gasteiger partial charge in [-0.1, -0.05) is 12.1 Å². The Labute approximate surface area is 185 Å². The number of hydrogen-bond donors (Lipinski definition) is 1. The Hall–Kier alpha value is -3.96. The van der Waals surface area contributed by atoms with E-state index < -0.39 is 0 Å². The monoisotopic (exact) mass is 422 g/mol. The third-order valence-electron chi connectivity index (χ3n) is 6.28. The van der Waals surface area contributed by atoms with Gasteiger partial charge in [0.2, 0.25) is 5.82 Å². The summed E-state index contributed by atoms with van der Waals surface area (Å²) in [6, 6.07) is 18.6. The zero-order valence-electron chi connectivity index (χ0n) is 17.6. The zero-order valence-corrected chi connectivity index (χ0v) is 17.6. The first-order valence-corrected chi connectivity index (χ1v) is 10.9. The Kier molecular flexibility index (Phi) is 4.47. The topological polar surface area (TPSA) is 87.6 Å². The van der Waals surface area contributed by atoms with Crippen molar-refractivity contribution in [2.24, 2.45) is 0 Å². The second-order valence-corrected chi connectivity index (χ2v) is 8.25. The first-order valence-electron chi connectivity index (χ1n) is 10.9. The van der Waals surface area contributed by atoms with Crippen LogP contribution in [0.2, 0.25) is 0 Å². The summed E-state index contributed by atoms with van der Waals surface area (Å²) in [5.41, 5.74) is 7.23. The van der Waals surface area contributed by atoms with Crippen molar-refractivity contribution >= 4 is 5.69 Å². The SMILES string of the molecule is N#Cc1ccc(-c2cc3n(c2)Cc2cc(N4CCCNCC4)ccc2-n2nnnc2-3)cc1. The third kappa shape index (κ3) is 3.15. The van der Waals surface area contributed by atoms with Crippen LogP contribution in [-0.4, -0.2) is 51.0 Å². The number of nitriles is 1. The van der Waals surface area contributed by atoms with Crippen LogP contribution in [-0.2, 0) is 6.54 Å². The van der Waals surface area contributed by atoms with Crippen LogP contribution in [0.1, 0.15) is 17.5 Å². The molecule has 0 radical (unpaired) electrons. The largest absolute Gasteiger partial charge is 0.370 e. The number of benzene rings is 2. The van der Waals surface area contributed by atoms with E-state index in [9.17, 15) is 0 Å². The molecular weight excluding hydrogens is 400 g/mol. The van der Waals surface area contributed by atoms with E-state index in [0.29, 0.717) is 5.56 Å². The number of fused-ring (bicyclic) bond motifs is 5. The maximum absolute atomic E-state index is 9.09. The molecule has 0 aliphatic carbocycles. The van der Waals surface area contributed by atoms with Crippen LogP contribution in [0.15, 0.2) is 54.7 Å². The Morgan fingerprint density at radius 3 is 2.75 bits per heavy atom. The highest BCUT2D eigenvalue weighted by atomic mass is 15.5. The predicted octanol–water partition coefficient (Wildman–Crippen LogP) is 2.83. The summed E-state index contributed by atoms with van der Waals surface area (Å²) in [5, 5.41) is 25.2. The highest BCUT2D eigenvalue weighted by Crippen LogP contribution is 2.34. The molecule has 8 heteroatoms. The Morgan fingerprint density at radius 1 is 0.969 bits per heavy atom. The van der Waals surface area contributed by atoms with E-state index >= 15 is 0 Å². The fraction of sp³-hybridized carbons (Fsp3) is 0.250. The van der Waals surface area contributed by atoms with E-state index in [2.05, 4.69) is 66.8 Å². The summed E-state index contributed by atoms with van der Waals surface area (Å²) >= 11 is 0. The van der Waals surface area contributed by atoms with Crippen LogP contribution in [0.4, 0.5) is 5.69 Å². The molecule has 1 saturated heterocycles. The van der Waals surface area contributed by atoms with Gasteiger partial charge in [-0.25, -0.2) is 0 Å². The van der Waals surface area contributed by atoms with E-state index in [0.717, 1.165) is 67.5 Å². The van der Waals surface area contributed by atoms with Gasteiger partial charge in [0.05, 0.1) is 23.0 Å². The minimum atomic E-state index is 0.656. The summed E-state index contributed by atoms with van der Waals surface area (Å²) < 4.78 is 4.06. The van der Waals surface area contributed by atoms with Gasteiger partial charge in [-0.15, -0.1) is 5.10 Å². The maximum atomic E-state index is 9.09. The molecule has 0 spiro atoms. The lowest BCUT2D eigenvalue weighted by Gasteiger charge is -2.23. The molecule has 2 aliphatic heterocycles. The first-order chi connectivity index (χ1) is 15.8. The molecule has 8 nitrogen and oxygen atoms in total. The average molecular weight is 422 g/mol. The van der Waals surface area contributed by atoms with Crippen molar-refractivity contribution in [3.05, 3.63) is 65.9 Å². The van der Waals surface area contributed by atoms with E-state index in [4.69, 9.17) is 5.26 Å². The van der Waals surface area contributed by atoms with Gasteiger partial charge in [0.15, 0.2) is 0 Å². The van der Waals surface area contributed by atoms with Gasteiger partial charge in [-0.05, 0) is 70.9 Å². The van der Waals surface area contributed by atoms with Crippen molar-refractivity contribution in [3.63, 3.8) is 0 Å². The van der Waals surface area contributed by atoms with Gasteiger partial charge in [-0.3, -0.25) is 0 Å². The van der Waals surface area contributed by atoms with Crippen molar-refractivity contribution in [3.8, 4) is 34.4 Å². The third-order valence-corrected chi connectivity index (χ3v) is 6.28. The van der Waals surface area contributed by atoms with Crippen molar-refractivity contribution in [1.82, 2.24) is 30.1 Å². The summed E-state index contributed by atoms with van der Waals surface area (Å²) in [6.07, 6.45) is 3.29. The Morgan fingerprint density at radius 2 is 1.88 bits per heavy atom. The lowest BCUT2D eigenvalue weighted by Crippen LogP contribution is -2.28. The van der Waals surface area contributed by atoms with Crippen LogP contribution in [0, 0.1) is 11.3 Å². The molecule has 2 aromatic heterocycles. The number of anilines is 1. The number of tetrazole rings is 1. The van der Waals surface area contributed by atoms with Crippen LogP contribution in [0.3, 0.4) is 0 Å². The molecule has 0 bridgehead atoms. The lowest BCUT2D eigenvalue weighted by molar-refractivity contribution is 0.724. The molecule has 0 atom stereocenters. The quantitative estimate of drug-likeness (QED) is 0.471. The smallest absolute Gasteiger partial charge is 0.203 e. The van der Waals surface area contributed by atoms with Crippen LogP contribution in [0.25, 0.3) is 28.3 Å². The number of nitrogens with one attached hydrogen (secondary N) is 1. The predicted molar refractivity (Wildman–Crippen MR) is 122 cm³/mol. The van der Waals surface area contributed by atoms with Gasteiger partial charge in [0.1, 0.15) is 0 Å². The van der Waals surface area contributed by atoms with Crippen molar-refractivity contribution in [2.75, 3.05) is 31.1 Å². The second kappa shape index (κ2) is 7.62. The first kappa shape index (κ1) is 18.8. The molecule has 32 heavy (non-hydrogen) atoms. The Bertz CT molecular complexity index is 1320. The summed E-state index contributed by atoms with van der Waals surface area (Å²) in [6.45, 7) is 4.86. The number of aromatic nitrogens is 5. The Balaban J connectivity index is 1.43. The molecule has 2 aromatic carbocycles. The standard InChI is InChI=1S/C24H22N8/c25-14-17-2-4-18(5-3-17)19-13-23-24-27-28-29-32(24)22-7-6-21(12-20(22)16-31(23)15-19)30-10-1-8-26-9-11-30/h2-7,12-13,15,26H,1,8-11,16H2. The molecule has 158 valence electrons. The van der Waals surface area contributed by atoms with Crippen molar-refractivity contribution in [1.29, 1.82) is 5.26 Å². The van der Waals surface area contributed by atoms with Gasteiger partial charge in [-0.2, -0.15) is 9.94 Å². The second-order valence-electron chi connectivity index (χ2n) is 8.25. The molecule has 4 aromatic rings. The van der Waals surface area contributed by atoms with Gasteiger partial charge < -0.3 is 14.8 Å². The van der Waals surface area contributed by atoms with Crippen LogP contribution >= 0.6 is 0 Å². The molecule has 4 heterocycles. The summed E-state index contributed by atoms with van der Waals surface area (Å²) in [4.78, 5) is 2.45. The molecule has 6 rings (SSSR count). The molecule has 1 N–H and O–H groups in total. The maximum Gasteiger partial charge on any atom is 0.203 e. The fourth-order valence-electron chi connectivity index (χ4n) is 4.62. The molecule has 0 amide bonds. The van der Waals surface area contributed by atoms with Crippen molar-refractivity contribution in [2.45, 2.75) is 13.0 Å². The van der Waals surface area contributed by atoms with Crippen LogP contribution < -0.4 is 10.2 Å². The number of nitrogens with zero attached hydrogens (tertiary/aromatic N) is 7. The highest BCUT2D eigenvalue weighted by Gasteiger charge is 2.24. The molecule has 2 aliphatic rings. The van der Waals surface area contributed by atoms with Gasteiger partial charge >= 0.3 is 0 Å². The average Bonchev–Trinajstić information content (AvgIpc) is 3.35. The molecular formula is C24H22N8. The normalized spacial score (nSPS) is 15.2. The van der Waals surface area contributed by atoms with E-state index in [-0.39, 0.29) is 0 Å². The van der Waals surface area contributed by atoms with Crippen LogP contribution in [0.5, 0.6) is 0 Å². The summed E-state index contributed by atoms with van der Waals surface area (Å²) in [7, 11) is 0. The molecule has 0 saturated carbocycles. The molecule has 0 unspecified atom stereocenters. The van der Waals surface area contributed by atoms with E-state index in [1.165, 1.54) is 11.3 Å². The van der Waals surface area contributed by atoms with Gasteiger partial charge in [0, 0.05) is 43.6 Å². The molecule has 1 fully saturated rings. The van der Waals surface area contributed by atoms with E-state index in [1.807, 2.05) is 28.9 Å². The fourth-order valence-corrected chi connectivity index (χ4v) is 4.62. The van der Waals surface area contributed by atoms with Crippen molar-refractivity contribution < 1.29 is 0 Å². The highest BCUT2D eigenvalue weighted by molar-refractivity contribution is 5.72. The summed E-state index contributed by atoms with van der Waals surface area (Å²) in [5.74, 6) is 0.732. The van der Waals surface area contributed by atoms with Gasteiger partial charge in [0.25, 0.3) is 0 Å². The van der Waals surface area contributed by atoms with E-state index in [1.54, 1.807) is 0 Å². The lowest BCUT2D eigenvalue weighted by atomic mass is 10.1. The number of rotatable bonds is 2. The minimum absolute atomic E-state index is 0.656. The number of hydrogen-bond acceptors (Lipinski definition) is 6. The zero-order chi connectivity index (χ0) is 21.5.